The topological polar surface area (TPSA) is 105 Å². The van der Waals surface area contributed by atoms with Crippen LogP contribution in [0.2, 0.25) is 0 Å². The fourth-order valence-corrected chi connectivity index (χ4v) is 3.98. The SMILES string of the molecule is Cc1cc(C(=O)N/N=C/c2ccc(CSc3nnnn3C)c3ccccc23)ccc1O. The summed E-state index contributed by atoms with van der Waals surface area (Å²) in [6.45, 7) is 1.74. The van der Waals surface area contributed by atoms with Crippen LogP contribution in [0.25, 0.3) is 10.8 Å². The molecular weight excluding hydrogens is 412 g/mol. The van der Waals surface area contributed by atoms with Crippen LogP contribution in [0.5, 0.6) is 5.75 Å². The fraction of sp³-hybridized carbons (Fsp3) is 0.136. The number of aryl methyl sites for hydroxylation is 2. The molecule has 0 saturated carbocycles. The molecule has 0 spiro atoms. The second-order valence-corrected chi connectivity index (χ2v) is 7.88. The Bertz CT molecular complexity index is 1280. The summed E-state index contributed by atoms with van der Waals surface area (Å²) in [4.78, 5) is 12.3. The van der Waals surface area contributed by atoms with Gasteiger partial charge in [-0.25, -0.2) is 10.1 Å². The van der Waals surface area contributed by atoms with Gasteiger partial charge in [0.05, 0.1) is 6.21 Å². The number of tetrazole rings is 1. The smallest absolute Gasteiger partial charge is 0.271 e. The second-order valence-electron chi connectivity index (χ2n) is 6.93. The molecule has 1 amide bonds. The maximum atomic E-state index is 12.3. The summed E-state index contributed by atoms with van der Waals surface area (Å²) in [6.07, 6.45) is 1.64. The highest BCUT2D eigenvalue weighted by molar-refractivity contribution is 7.98. The van der Waals surface area contributed by atoms with Crippen LogP contribution in [-0.4, -0.2) is 37.4 Å². The Labute approximate surface area is 183 Å². The number of carbonyl (C=O) groups excluding carboxylic acids is 1. The predicted octanol–water partition coefficient (Wildman–Crippen LogP) is 3.43. The highest BCUT2D eigenvalue weighted by Gasteiger charge is 2.09. The minimum absolute atomic E-state index is 0.153. The van der Waals surface area contributed by atoms with Gasteiger partial charge in [-0.1, -0.05) is 48.2 Å². The summed E-state index contributed by atoms with van der Waals surface area (Å²) >= 11 is 1.57. The Hall–Kier alpha value is -3.72. The summed E-state index contributed by atoms with van der Waals surface area (Å²) < 4.78 is 1.64. The van der Waals surface area contributed by atoms with Gasteiger partial charge < -0.3 is 5.11 Å². The average molecular weight is 433 g/mol. The Balaban J connectivity index is 1.52. The molecule has 0 fully saturated rings. The molecule has 0 atom stereocenters. The van der Waals surface area contributed by atoms with E-state index < -0.39 is 0 Å². The van der Waals surface area contributed by atoms with Crippen LogP contribution in [-0.2, 0) is 12.8 Å². The maximum absolute atomic E-state index is 12.3. The molecule has 2 N–H and O–H groups in total. The monoisotopic (exact) mass is 432 g/mol. The zero-order chi connectivity index (χ0) is 21.8. The molecule has 0 unspecified atom stereocenters. The van der Waals surface area contributed by atoms with Crippen LogP contribution in [0, 0.1) is 6.92 Å². The number of carbonyl (C=O) groups is 1. The lowest BCUT2D eigenvalue weighted by Crippen LogP contribution is -2.17. The van der Waals surface area contributed by atoms with Crippen molar-refractivity contribution < 1.29 is 9.90 Å². The highest BCUT2D eigenvalue weighted by Crippen LogP contribution is 2.27. The summed E-state index contributed by atoms with van der Waals surface area (Å²) in [5.74, 6) is 0.539. The van der Waals surface area contributed by atoms with Crippen LogP contribution in [0.4, 0.5) is 0 Å². The van der Waals surface area contributed by atoms with E-state index in [1.54, 1.807) is 41.7 Å². The Morgan fingerprint density at radius 1 is 1.19 bits per heavy atom. The highest BCUT2D eigenvalue weighted by atomic mass is 32.2. The number of rotatable bonds is 6. The number of fused-ring (bicyclic) bond motifs is 1. The molecule has 0 aliphatic rings. The lowest BCUT2D eigenvalue weighted by atomic mass is 10.0. The minimum Gasteiger partial charge on any atom is -0.508 e. The van der Waals surface area contributed by atoms with Crippen molar-refractivity contribution in [2.75, 3.05) is 0 Å². The molecule has 4 rings (SSSR count). The molecule has 0 aliphatic carbocycles. The van der Waals surface area contributed by atoms with Gasteiger partial charge in [-0.2, -0.15) is 5.10 Å². The molecule has 3 aromatic carbocycles. The van der Waals surface area contributed by atoms with E-state index in [9.17, 15) is 9.90 Å². The fourth-order valence-electron chi connectivity index (χ4n) is 3.13. The molecule has 1 heterocycles. The summed E-state index contributed by atoms with van der Waals surface area (Å²) in [6, 6.07) is 16.8. The third-order valence-electron chi connectivity index (χ3n) is 4.81. The van der Waals surface area contributed by atoms with E-state index in [-0.39, 0.29) is 11.7 Å². The molecule has 9 heteroatoms. The zero-order valence-corrected chi connectivity index (χ0v) is 17.8. The van der Waals surface area contributed by atoms with E-state index >= 15 is 0 Å². The van der Waals surface area contributed by atoms with Crippen molar-refractivity contribution in [2.45, 2.75) is 17.8 Å². The number of aromatic hydroxyl groups is 1. The van der Waals surface area contributed by atoms with E-state index in [4.69, 9.17) is 0 Å². The second kappa shape index (κ2) is 8.97. The van der Waals surface area contributed by atoms with Gasteiger partial charge in [0.15, 0.2) is 0 Å². The van der Waals surface area contributed by atoms with E-state index in [0.717, 1.165) is 32.8 Å². The Kier molecular flexibility index (Phi) is 5.94. The number of amides is 1. The Morgan fingerprint density at radius 3 is 2.74 bits per heavy atom. The molecular formula is C22H20N6O2S. The van der Waals surface area contributed by atoms with Crippen LogP contribution < -0.4 is 5.43 Å². The molecule has 4 aromatic rings. The molecule has 0 aliphatic heterocycles. The van der Waals surface area contributed by atoms with Gasteiger partial charge in [-0.05, 0) is 57.4 Å². The standard InChI is InChI=1S/C22H20N6O2S/c1-14-11-15(9-10-20(14)29)21(30)24-23-12-16-7-8-17(19-6-4-3-5-18(16)19)13-31-22-25-26-27-28(22)2/h3-12,29H,13H2,1-2H3,(H,24,30)/b23-12+. The van der Waals surface area contributed by atoms with Crippen LogP contribution in [0.3, 0.4) is 0 Å². The summed E-state index contributed by atoms with van der Waals surface area (Å²) in [5, 5.41) is 28.2. The third-order valence-corrected chi connectivity index (χ3v) is 5.87. The number of benzene rings is 3. The predicted molar refractivity (Wildman–Crippen MR) is 120 cm³/mol. The first-order chi connectivity index (χ1) is 15.0. The van der Waals surface area contributed by atoms with E-state index in [1.807, 2.05) is 37.4 Å². The van der Waals surface area contributed by atoms with Crippen molar-refractivity contribution in [3.63, 3.8) is 0 Å². The number of aromatic nitrogens is 4. The number of phenols is 1. The van der Waals surface area contributed by atoms with E-state index in [0.29, 0.717) is 11.1 Å². The first-order valence-corrected chi connectivity index (χ1v) is 10.5. The van der Waals surface area contributed by atoms with Gasteiger partial charge >= 0.3 is 0 Å². The molecule has 0 bridgehead atoms. The van der Waals surface area contributed by atoms with Crippen LogP contribution >= 0.6 is 11.8 Å². The van der Waals surface area contributed by atoms with Crippen molar-refractivity contribution in [3.8, 4) is 5.75 Å². The lowest BCUT2D eigenvalue weighted by Gasteiger charge is -2.09. The molecule has 1 aromatic heterocycles. The largest absolute Gasteiger partial charge is 0.508 e. The van der Waals surface area contributed by atoms with Gasteiger partial charge in [-0.3, -0.25) is 4.79 Å². The first kappa shape index (κ1) is 20.5. The van der Waals surface area contributed by atoms with Crippen LogP contribution in [0.15, 0.2) is 64.9 Å². The number of nitrogens with one attached hydrogen (secondary N) is 1. The van der Waals surface area contributed by atoms with Gasteiger partial charge in [0.1, 0.15) is 5.75 Å². The van der Waals surface area contributed by atoms with Crippen molar-refractivity contribution in [3.05, 3.63) is 76.9 Å². The van der Waals surface area contributed by atoms with E-state index in [2.05, 4.69) is 32.1 Å². The Morgan fingerprint density at radius 2 is 2.00 bits per heavy atom. The normalized spacial score (nSPS) is 11.3. The summed E-state index contributed by atoms with van der Waals surface area (Å²) in [7, 11) is 1.81. The molecule has 156 valence electrons. The van der Waals surface area contributed by atoms with Crippen molar-refractivity contribution in [1.29, 1.82) is 0 Å². The number of hydrazone groups is 1. The van der Waals surface area contributed by atoms with Crippen molar-refractivity contribution in [1.82, 2.24) is 25.6 Å². The molecule has 31 heavy (non-hydrogen) atoms. The van der Waals surface area contributed by atoms with Crippen LogP contribution in [0.1, 0.15) is 27.0 Å². The zero-order valence-electron chi connectivity index (χ0n) is 17.0. The van der Waals surface area contributed by atoms with Gasteiger partial charge in [0.25, 0.3) is 5.91 Å². The van der Waals surface area contributed by atoms with Gasteiger partial charge in [-0.15, -0.1) is 5.10 Å². The first-order valence-electron chi connectivity index (χ1n) is 9.52. The average Bonchev–Trinajstić information content (AvgIpc) is 3.19. The lowest BCUT2D eigenvalue weighted by molar-refractivity contribution is 0.0955. The third kappa shape index (κ3) is 4.56. The molecule has 0 radical (unpaired) electrons. The summed E-state index contributed by atoms with van der Waals surface area (Å²) in [5.41, 5.74) is 5.66. The van der Waals surface area contributed by atoms with Crippen molar-refractivity contribution in [2.24, 2.45) is 12.1 Å². The minimum atomic E-state index is -0.339. The van der Waals surface area contributed by atoms with E-state index in [1.165, 1.54) is 6.07 Å². The number of hydrogen-bond acceptors (Lipinski definition) is 7. The van der Waals surface area contributed by atoms with Gasteiger partial charge in [0.2, 0.25) is 5.16 Å². The number of nitrogens with zero attached hydrogens (tertiary/aromatic N) is 5. The van der Waals surface area contributed by atoms with Gasteiger partial charge in [0, 0.05) is 23.9 Å². The quantitative estimate of drug-likeness (QED) is 0.275. The molecule has 8 nitrogen and oxygen atoms in total. The molecule has 0 saturated heterocycles. The maximum Gasteiger partial charge on any atom is 0.271 e. The number of hydrogen-bond donors (Lipinski definition) is 2. The number of phenolic OH excluding ortho intramolecular Hbond substituents is 1. The van der Waals surface area contributed by atoms with Crippen molar-refractivity contribution >= 4 is 34.7 Å². The number of thioether (sulfide) groups is 1.